The Morgan fingerprint density at radius 2 is 2.15 bits per heavy atom. The van der Waals surface area contributed by atoms with Crippen molar-refractivity contribution in [2.45, 2.75) is 24.0 Å². The number of aliphatic imine (C=N–C) groups is 1. The molecule has 2 N–H and O–H groups in total. The zero-order valence-corrected chi connectivity index (χ0v) is 9.52. The molecule has 0 aliphatic heterocycles. The Morgan fingerprint density at radius 3 is 2.46 bits per heavy atom. The number of nitrogens with zero attached hydrogens (tertiary/aromatic N) is 2. The predicted molar refractivity (Wildman–Crippen MR) is 60.3 cm³/mol. The van der Waals surface area contributed by atoms with Crippen molar-refractivity contribution in [2.24, 2.45) is 10.7 Å². The second-order valence-electron chi connectivity index (χ2n) is 3.81. The Kier molecular flexibility index (Phi) is 3.47. The van der Waals surface area contributed by atoms with Crippen molar-refractivity contribution in [3.8, 4) is 0 Å². The summed E-state index contributed by atoms with van der Waals surface area (Å²) in [4.78, 5) is 6.24. The van der Waals surface area contributed by atoms with Gasteiger partial charge in [0.05, 0.1) is 6.54 Å². The third kappa shape index (κ3) is 2.53. The number of hydrogen-bond donors (Lipinski definition) is 1. The van der Waals surface area contributed by atoms with E-state index >= 15 is 0 Å². The highest BCUT2D eigenvalue weighted by atomic mass is 32.2. The first-order valence-corrected chi connectivity index (χ1v) is 5.84. The normalized spacial score (nSPS) is 21.0. The maximum absolute atomic E-state index is 5.72. The van der Waals surface area contributed by atoms with E-state index in [4.69, 9.17) is 5.73 Å². The van der Waals surface area contributed by atoms with Crippen LogP contribution in [0.1, 0.15) is 19.3 Å². The van der Waals surface area contributed by atoms with Crippen molar-refractivity contribution in [1.29, 1.82) is 0 Å². The molecule has 0 aromatic rings. The van der Waals surface area contributed by atoms with E-state index in [2.05, 4.69) is 11.2 Å². The van der Waals surface area contributed by atoms with Gasteiger partial charge in [-0.1, -0.05) is 6.42 Å². The monoisotopic (exact) mass is 201 g/mol. The zero-order valence-electron chi connectivity index (χ0n) is 8.71. The first kappa shape index (κ1) is 10.7. The molecule has 1 aliphatic carbocycles. The quantitative estimate of drug-likeness (QED) is 0.550. The minimum absolute atomic E-state index is 0.403. The lowest BCUT2D eigenvalue weighted by molar-refractivity contribution is 0.371. The van der Waals surface area contributed by atoms with Crippen LogP contribution in [0.4, 0.5) is 0 Å². The van der Waals surface area contributed by atoms with Crippen LogP contribution in [-0.2, 0) is 0 Å². The van der Waals surface area contributed by atoms with Crippen LogP contribution in [0.5, 0.6) is 0 Å². The molecule has 0 atom stereocenters. The summed E-state index contributed by atoms with van der Waals surface area (Å²) in [7, 11) is 3.84. The maximum Gasteiger partial charge on any atom is 0.190 e. The van der Waals surface area contributed by atoms with Crippen LogP contribution in [-0.4, -0.2) is 42.5 Å². The van der Waals surface area contributed by atoms with Gasteiger partial charge >= 0.3 is 0 Å². The van der Waals surface area contributed by atoms with Crippen LogP contribution in [0.2, 0.25) is 0 Å². The molecule has 4 heteroatoms. The second kappa shape index (κ2) is 4.22. The van der Waals surface area contributed by atoms with E-state index < -0.39 is 0 Å². The highest BCUT2D eigenvalue weighted by molar-refractivity contribution is 8.00. The van der Waals surface area contributed by atoms with E-state index in [1.54, 1.807) is 0 Å². The van der Waals surface area contributed by atoms with Gasteiger partial charge in [-0.3, -0.25) is 4.99 Å². The molecule has 1 saturated carbocycles. The summed E-state index contributed by atoms with van der Waals surface area (Å²) < 4.78 is 0.403. The largest absolute Gasteiger partial charge is 0.370 e. The van der Waals surface area contributed by atoms with Crippen LogP contribution < -0.4 is 5.73 Å². The van der Waals surface area contributed by atoms with Crippen molar-refractivity contribution in [2.75, 3.05) is 26.9 Å². The molecule has 0 amide bonds. The van der Waals surface area contributed by atoms with E-state index in [0.29, 0.717) is 10.7 Å². The topological polar surface area (TPSA) is 41.6 Å². The van der Waals surface area contributed by atoms with E-state index in [-0.39, 0.29) is 0 Å². The molecule has 0 saturated heterocycles. The molecule has 0 unspecified atom stereocenters. The minimum Gasteiger partial charge on any atom is -0.370 e. The van der Waals surface area contributed by atoms with Gasteiger partial charge in [-0.15, -0.1) is 0 Å². The Morgan fingerprint density at radius 1 is 1.54 bits per heavy atom. The lowest BCUT2D eigenvalue weighted by Crippen LogP contribution is -2.39. The SMILES string of the molecule is CSC1(CN=C(N)N(C)C)CCC1. The Bertz CT molecular complexity index is 192. The van der Waals surface area contributed by atoms with Crippen molar-refractivity contribution in [3.05, 3.63) is 0 Å². The third-order valence-electron chi connectivity index (χ3n) is 2.69. The fraction of sp³-hybridized carbons (Fsp3) is 0.889. The molecule has 13 heavy (non-hydrogen) atoms. The average Bonchev–Trinajstić information content (AvgIpc) is 2.02. The minimum atomic E-state index is 0.403. The molecule has 1 rings (SSSR count). The first-order valence-electron chi connectivity index (χ1n) is 4.62. The number of guanidine groups is 1. The molecule has 0 spiro atoms. The number of thioether (sulfide) groups is 1. The van der Waals surface area contributed by atoms with Crippen LogP contribution in [0.3, 0.4) is 0 Å². The molecule has 0 bridgehead atoms. The second-order valence-corrected chi connectivity index (χ2v) is 5.08. The summed E-state index contributed by atoms with van der Waals surface area (Å²) in [6.45, 7) is 0.873. The highest BCUT2D eigenvalue weighted by Gasteiger charge is 2.35. The van der Waals surface area contributed by atoms with E-state index in [1.165, 1.54) is 19.3 Å². The van der Waals surface area contributed by atoms with Gasteiger partial charge in [0.1, 0.15) is 0 Å². The van der Waals surface area contributed by atoms with Crippen LogP contribution in [0.25, 0.3) is 0 Å². The summed E-state index contributed by atoms with van der Waals surface area (Å²) in [6, 6.07) is 0. The summed E-state index contributed by atoms with van der Waals surface area (Å²) in [6.07, 6.45) is 6.09. The average molecular weight is 201 g/mol. The standard InChI is InChI=1S/C9H19N3S/c1-12(2)8(10)11-7-9(13-3)5-4-6-9/h4-7H2,1-3H3,(H2,10,11). The Labute approximate surface area is 84.8 Å². The van der Waals surface area contributed by atoms with Gasteiger partial charge < -0.3 is 10.6 Å². The fourth-order valence-corrected chi connectivity index (χ4v) is 2.25. The smallest absolute Gasteiger partial charge is 0.190 e. The van der Waals surface area contributed by atoms with Crippen molar-refractivity contribution in [3.63, 3.8) is 0 Å². The number of hydrogen-bond acceptors (Lipinski definition) is 2. The lowest BCUT2D eigenvalue weighted by Gasteiger charge is -2.39. The molecule has 0 heterocycles. The van der Waals surface area contributed by atoms with Gasteiger partial charge in [-0.05, 0) is 19.1 Å². The molecule has 0 radical (unpaired) electrons. The van der Waals surface area contributed by atoms with Gasteiger partial charge in [0.25, 0.3) is 0 Å². The maximum atomic E-state index is 5.72. The zero-order chi connectivity index (χ0) is 9.90. The first-order chi connectivity index (χ1) is 6.09. The van der Waals surface area contributed by atoms with Gasteiger partial charge in [0.15, 0.2) is 5.96 Å². The molecule has 76 valence electrons. The number of nitrogens with two attached hydrogens (primary N) is 1. The Hall–Kier alpha value is -0.380. The van der Waals surface area contributed by atoms with Crippen molar-refractivity contribution < 1.29 is 0 Å². The van der Waals surface area contributed by atoms with Gasteiger partial charge in [0, 0.05) is 18.8 Å². The van der Waals surface area contributed by atoms with E-state index in [1.807, 2.05) is 30.8 Å². The molecular weight excluding hydrogens is 182 g/mol. The lowest BCUT2D eigenvalue weighted by atomic mass is 9.84. The summed E-state index contributed by atoms with van der Waals surface area (Å²) in [5.41, 5.74) is 5.72. The van der Waals surface area contributed by atoms with Gasteiger partial charge in [-0.25, -0.2) is 0 Å². The van der Waals surface area contributed by atoms with Crippen LogP contribution >= 0.6 is 11.8 Å². The molecule has 1 aliphatic rings. The summed E-state index contributed by atoms with van der Waals surface area (Å²) in [5.74, 6) is 0.639. The van der Waals surface area contributed by atoms with Gasteiger partial charge in [-0.2, -0.15) is 11.8 Å². The molecular formula is C9H19N3S. The van der Waals surface area contributed by atoms with Crippen molar-refractivity contribution in [1.82, 2.24) is 4.90 Å². The molecule has 0 aromatic carbocycles. The molecule has 0 aromatic heterocycles. The number of rotatable bonds is 3. The van der Waals surface area contributed by atoms with Crippen molar-refractivity contribution >= 4 is 17.7 Å². The van der Waals surface area contributed by atoms with Gasteiger partial charge in [0.2, 0.25) is 0 Å². The van der Waals surface area contributed by atoms with Crippen LogP contribution in [0, 0.1) is 0 Å². The van der Waals surface area contributed by atoms with E-state index in [9.17, 15) is 0 Å². The van der Waals surface area contributed by atoms with Crippen LogP contribution in [0.15, 0.2) is 4.99 Å². The summed E-state index contributed by atoms with van der Waals surface area (Å²) in [5, 5.41) is 0. The van der Waals surface area contributed by atoms with E-state index in [0.717, 1.165) is 6.54 Å². The third-order valence-corrected chi connectivity index (χ3v) is 4.09. The predicted octanol–water partition coefficient (Wildman–Crippen LogP) is 1.15. The Balaban J connectivity index is 2.44. The summed E-state index contributed by atoms with van der Waals surface area (Å²) >= 11 is 1.93. The molecule has 3 nitrogen and oxygen atoms in total. The molecule has 1 fully saturated rings. The fourth-order valence-electron chi connectivity index (χ4n) is 1.36. The highest BCUT2D eigenvalue weighted by Crippen LogP contribution is 2.42.